The summed E-state index contributed by atoms with van der Waals surface area (Å²) in [5.74, 6) is -0.253. The number of halogens is 1. The first-order valence-corrected chi connectivity index (χ1v) is 7.38. The molecule has 0 bridgehead atoms. The lowest BCUT2D eigenvalue weighted by molar-refractivity contribution is -0.122. The van der Waals surface area contributed by atoms with Crippen LogP contribution in [0.15, 0.2) is 54.6 Å². The lowest BCUT2D eigenvalue weighted by Crippen LogP contribution is -2.43. The van der Waals surface area contributed by atoms with Crippen molar-refractivity contribution in [2.75, 3.05) is 6.54 Å². The van der Waals surface area contributed by atoms with Gasteiger partial charge in [-0.25, -0.2) is 0 Å². The highest BCUT2D eigenvalue weighted by atomic mass is 35.5. The molecule has 0 heterocycles. The maximum absolute atomic E-state index is 12.0. The molecule has 0 fully saturated rings. The molecule has 2 rings (SSSR count). The van der Waals surface area contributed by atoms with E-state index >= 15 is 0 Å². The van der Waals surface area contributed by atoms with Crippen molar-refractivity contribution in [2.45, 2.75) is 25.5 Å². The van der Waals surface area contributed by atoms with Gasteiger partial charge in [0.1, 0.15) is 0 Å². The van der Waals surface area contributed by atoms with Crippen LogP contribution in [0.3, 0.4) is 0 Å². The second kappa shape index (κ2) is 9.30. The Labute approximate surface area is 143 Å². The first kappa shape index (κ1) is 19.2. The Morgan fingerprint density at radius 2 is 1.74 bits per heavy atom. The van der Waals surface area contributed by atoms with Crippen molar-refractivity contribution in [1.29, 1.82) is 0 Å². The van der Waals surface area contributed by atoms with Crippen molar-refractivity contribution >= 4 is 18.3 Å². The van der Waals surface area contributed by atoms with E-state index in [0.717, 1.165) is 16.7 Å². The van der Waals surface area contributed by atoms with Gasteiger partial charge in [-0.3, -0.25) is 4.79 Å². The zero-order valence-electron chi connectivity index (χ0n) is 13.1. The van der Waals surface area contributed by atoms with Crippen LogP contribution in [0, 0.1) is 6.92 Å². The zero-order valence-corrected chi connectivity index (χ0v) is 13.9. The van der Waals surface area contributed by atoms with Crippen molar-refractivity contribution in [3.63, 3.8) is 0 Å². The number of aliphatic hydroxyl groups excluding tert-OH is 1. The Balaban J connectivity index is 0.00000264. The Morgan fingerprint density at radius 1 is 1.13 bits per heavy atom. The first-order valence-electron chi connectivity index (χ1n) is 7.38. The van der Waals surface area contributed by atoms with Crippen LogP contribution >= 0.6 is 12.4 Å². The number of hydrogen-bond donors (Lipinski definition) is 3. The normalized spacial score (nSPS) is 12.8. The molecule has 0 aliphatic carbocycles. The molecule has 124 valence electrons. The van der Waals surface area contributed by atoms with Crippen LogP contribution in [0.25, 0.3) is 0 Å². The minimum Gasteiger partial charge on any atom is -0.387 e. The molecule has 0 aliphatic rings. The number of nitrogens with one attached hydrogen (secondary N) is 1. The highest BCUT2D eigenvalue weighted by Gasteiger charge is 2.16. The van der Waals surface area contributed by atoms with E-state index in [1.54, 1.807) is 0 Å². The molecule has 5 heteroatoms. The van der Waals surface area contributed by atoms with E-state index in [4.69, 9.17) is 5.73 Å². The summed E-state index contributed by atoms with van der Waals surface area (Å²) in [5.41, 5.74) is 8.75. The van der Waals surface area contributed by atoms with E-state index in [1.165, 1.54) is 0 Å². The van der Waals surface area contributed by atoms with E-state index in [9.17, 15) is 9.90 Å². The number of aliphatic hydroxyl groups is 1. The van der Waals surface area contributed by atoms with Crippen LogP contribution in [0.2, 0.25) is 0 Å². The Hall–Kier alpha value is -1.88. The number of amides is 1. The van der Waals surface area contributed by atoms with Gasteiger partial charge >= 0.3 is 0 Å². The first-order chi connectivity index (χ1) is 10.6. The number of rotatable bonds is 6. The fourth-order valence-corrected chi connectivity index (χ4v) is 2.36. The van der Waals surface area contributed by atoms with Crippen molar-refractivity contribution < 1.29 is 9.90 Å². The molecule has 1 amide bonds. The van der Waals surface area contributed by atoms with E-state index in [2.05, 4.69) is 5.32 Å². The third-order valence-electron chi connectivity index (χ3n) is 3.65. The molecule has 23 heavy (non-hydrogen) atoms. The summed E-state index contributed by atoms with van der Waals surface area (Å²) >= 11 is 0. The van der Waals surface area contributed by atoms with Crippen LogP contribution in [-0.4, -0.2) is 23.6 Å². The second-order valence-corrected chi connectivity index (χ2v) is 5.41. The average molecular weight is 335 g/mol. The number of hydrogen-bond acceptors (Lipinski definition) is 3. The highest BCUT2D eigenvalue weighted by molar-refractivity contribution is 5.85. The summed E-state index contributed by atoms with van der Waals surface area (Å²) in [4.78, 5) is 12.0. The van der Waals surface area contributed by atoms with Crippen molar-refractivity contribution in [3.05, 3.63) is 71.3 Å². The molecule has 2 aromatic carbocycles. The van der Waals surface area contributed by atoms with Crippen LogP contribution in [0.1, 0.15) is 22.8 Å². The standard InChI is InChI=1S/C18H22N2O2.ClH/c1-13-7-5-6-10-15(13)17(21)12-20-18(22)16(19)11-14-8-3-2-4-9-14;/h2-10,16-17,21H,11-12,19H2,1H3,(H,20,22);1H/t16-,17?;/m0./s1. The number of benzene rings is 2. The third kappa shape index (κ3) is 5.67. The molecule has 4 N–H and O–H groups in total. The second-order valence-electron chi connectivity index (χ2n) is 5.41. The molecule has 4 nitrogen and oxygen atoms in total. The lowest BCUT2D eigenvalue weighted by atomic mass is 10.0. The number of carbonyl (C=O) groups excluding carboxylic acids is 1. The maximum atomic E-state index is 12.0. The summed E-state index contributed by atoms with van der Waals surface area (Å²) in [7, 11) is 0. The topological polar surface area (TPSA) is 75.3 Å². The monoisotopic (exact) mass is 334 g/mol. The third-order valence-corrected chi connectivity index (χ3v) is 3.65. The minimum absolute atomic E-state index is 0. The van der Waals surface area contributed by atoms with Gasteiger partial charge in [0.15, 0.2) is 0 Å². The van der Waals surface area contributed by atoms with Crippen LogP contribution in [-0.2, 0) is 11.2 Å². The summed E-state index contributed by atoms with van der Waals surface area (Å²) in [6.45, 7) is 2.09. The minimum atomic E-state index is -0.728. The molecule has 2 atom stereocenters. The van der Waals surface area contributed by atoms with Crippen LogP contribution in [0.5, 0.6) is 0 Å². The van der Waals surface area contributed by atoms with Gasteiger partial charge in [0, 0.05) is 6.54 Å². The predicted octanol–water partition coefficient (Wildman–Crippen LogP) is 2.14. The Morgan fingerprint density at radius 3 is 2.39 bits per heavy atom. The molecule has 0 saturated heterocycles. The van der Waals surface area contributed by atoms with Gasteiger partial charge in [-0.05, 0) is 30.0 Å². The molecule has 0 spiro atoms. The van der Waals surface area contributed by atoms with E-state index in [0.29, 0.717) is 6.42 Å². The van der Waals surface area contributed by atoms with Gasteiger partial charge in [-0.2, -0.15) is 0 Å². The molecule has 0 radical (unpaired) electrons. The van der Waals surface area contributed by atoms with Gasteiger partial charge in [-0.15, -0.1) is 12.4 Å². The number of carbonyl (C=O) groups is 1. The van der Waals surface area contributed by atoms with Crippen LogP contribution < -0.4 is 11.1 Å². The molecule has 2 aromatic rings. The fourth-order valence-electron chi connectivity index (χ4n) is 2.36. The highest BCUT2D eigenvalue weighted by Crippen LogP contribution is 2.16. The largest absolute Gasteiger partial charge is 0.387 e. The summed E-state index contributed by atoms with van der Waals surface area (Å²) in [6, 6.07) is 16.6. The lowest BCUT2D eigenvalue weighted by Gasteiger charge is -2.17. The quantitative estimate of drug-likeness (QED) is 0.757. The van der Waals surface area contributed by atoms with Crippen molar-refractivity contribution in [3.8, 4) is 0 Å². The van der Waals surface area contributed by atoms with Crippen LogP contribution in [0.4, 0.5) is 0 Å². The number of aryl methyl sites for hydroxylation is 1. The average Bonchev–Trinajstić information content (AvgIpc) is 2.53. The smallest absolute Gasteiger partial charge is 0.237 e. The molecule has 0 aromatic heterocycles. The van der Waals surface area contributed by atoms with Crippen molar-refractivity contribution in [1.82, 2.24) is 5.32 Å². The van der Waals surface area contributed by atoms with Gasteiger partial charge in [0.05, 0.1) is 12.1 Å². The molecule has 0 aliphatic heterocycles. The molecular formula is C18H23ClN2O2. The summed E-state index contributed by atoms with van der Waals surface area (Å²) in [6.07, 6.45) is -0.248. The van der Waals surface area contributed by atoms with Gasteiger partial charge in [0.2, 0.25) is 5.91 Å². The molecular weight excluding hydrogens is 312 g/mol. The summed E-state index contributed by atoms with van der Waals surface area (Å²) < 4.78 is 0. The maximum Gasteiger partial charge on any atom is 0.237 e. The van der Waals surface area contributed by atoms with Gasteiger partial charge < -0.3 is 16.2 Å². The Bertz CT molecular complexity index is 619. The summed E-state index contributed by atoms with van der Waals surface area (Å²) in [5, 5.41) is 12.9. The van der Waals surface area contributed by atoms with E-state index < -0.39 is 12.1 Å². The molecule has 0 saturated carbocycles. The SMILES string of the molecule is Cc1ccccc1C(O)CNC(=O)[C@@H](N)Cc1ccccc1.Cl. The van der Waals surface area contributed by atoms with Gasteiger partial charge in [-0.1, -0.05) is 54.6 Å². The number of nitrogens with two attached hydrogens (primary N) is 1. The van der Waals surface area contributed by atoms with Crippen molar-refractivity contribution in [2.24, 2.45) is 5.73 Å². The zero-order chi connectivity index (χ0) is 15.9. The van der Waals surface area contributed by atoms with Gasteiger partial charge in [0.25, 0.3) is 0 Å². The molecule has 1 unspecified atom stereocenters. The fraction of sp³-hybridized carbons (Fsp3) is 0.278. The Kier molecular flexibility index (Phi) is 7.75. The van der Waals surface area contributed by atoms with E-state index in [1.807, 2.05) is 61.5 Å². The van der Waals surface area contributed by atoms with E-state index in [-0.39, 0.29) is 24.9 Å². The predicted molar refractivity (Wildman–Crippen MR) is 94.5 cm³/mol.